The van der Waals surface area contributed by atoms with Crippen molar-refractivity contribution >= 4 is 0 Å². The molecule has 0 amide bonds. The average molecular weight is 230 g/mol. The number of rotatable bonds is 7. The first-order valence-electron chi connectivity index (χ1n) is 6.31. The number of methoxy groups -OCH3 is 2. The third-order valence-corrected chi connectivity index (χ3v) is 3.36. The molecule has 1 rings (SSSR count). The molecule has 0 aromatic heterocycles. The second kappa shape index (κ2) is 8.01. The predicted molar refractivity (Wildman–Crippen MR) is 65.3 cm³/mol. The van der Waals surface area contributed by atoms with Crippen molar-refractivity contribution in [3.8, 4) is 0 Å². The maximum Gasteiger partial charge on any atom is 0.158 e. The van der Waals surface area contributed by atoms with Gasteiger partial charge in [0.1, 0.15) is 0 Å². The summed E-state index contributed by atoms with van der Waals surface area (Å²) in [5.41, 5.74) is 5.77. The van der Waals surface area contributed by atoms with Crippen LogP contribution in [0.1, 0.15) is 38.5 Å². The maximum absolute atomic E-state index is 5.77. The van der Waals surface area contributed by atoms with Gasteiger partial charge in [-0.05, 0) is 12.8 Å². The van der Waals surface area contributed by atoms with Crippen molar-refractivity contribution in [2.75, 3.05) is 20.8 Å². The van der Waals surface area contributed by atoms with Crippen molar-refractivity contribution < 1.29 is 9.47 Å². The van der Waals surface area contributed by atoms with Crippen LogP contribution in [0, 0.1) is 0 Å². The van der Waals surface area contributed by atoms with Gasteiger partial charge in [-0.2, -0.15) is 0 Å². The normalized spacial score (nSPS) is 20.2. The quantitative estimate of drug-likeness (QED) is 0.646. The van der Waals surface area contributed by atoms with Gasteiger partial charge in [0.15, 0.2) is 6.29 Å². The Hall–Kier alpha value is -0.160. The van der Waals surface area contributed by atoms with E-state index in [0.29, 0.717) is 18.6 Å². The molecule has 0 aliphatic heterocycles. The van der Waals surface area contributed by atoms with Crippen LogP contribution in [0.2, 0.25) is 0 Å². The van der Waals surface area contributed by atoms with Crippen LogP contribution in [0.3, 0.4) is 0 Å². The molecular formula is C12H26N2O2. The van der Waals surface area contributed by atoms with Crippen LogP contribution >= 0.6 is 0 Å². The van der Waals surface area contributed by atoms with Crippen LogP contribution in [0.5, 0.6) is 0 Å². The summed E-state index contributed by atoms with van der Waals surface area (Å²) in [6.45, 7) is 0.639. The highest BCUT2D eigenvalue weighted by molar-refractivity contribution is 4.78. The van der Waals surface area contributed by atoms with E-state index in [4.69, 9.17) is 15.2 Å². The van der Waals surface area contributed by atoms with E-state index >= 15 is 0 Å². The molecule has 0 heterocycles. The minimum atomic E-state index is -0.148. The van der Waals surface area contributed by atoms with E-state index in [1.54, 1.807) is 14.2 Å². The van der Waals surface area contributed by atoms with Crippen molar-refractivity contribution in [2.24, 2.45) is 5.73 Å². The lowest BCUT2D eigenvalue weighted by atomic mass is 9.94. The molecule has 0 aromatic rings. The molecule has 1 saturated carbocycles. The highest BCUT2D eigenvalue weighted by atomic mass is 16.7. The summed E-state index contributed by atoms with van der Waals surface area (Å²) in [5, 5.41) is 3.62. The van der Waals surface area contributed by atoms with Crippen LogP contribution in [0.25, 0.3) is 0 Å². The molecule has 0 saturated heterocycles. The Balaban J connectivity index is 2.29. The van der Waals surface area contributed by atoms with Gasteiger partial charge in [0.25, 0.3) is 0 Å². The average Bonchev–Trinajstić information content (AvgIpc) is 2.35. The summed E-state index contributed by atoms with van der Waals surface area (Å²) in [6.07, 6.45) is 7.29. The van der Waals surface area contributed by atoms with Crippen molar-refractivity contribution in [1.29, 1.82) is 0 Å². The topological polar surface area (TPSA) is 56.5 Å². The Morgan fingerprint density at radius 3 is 2.31 bits per heavy atom. The Morgan fingerprint density at radius 1 is 1.19 bits per heavy atom. The zero-order chi connectivity index (χ0) is 11.8. The first kappa shape index (κ1) is 13.9. The van der Waals surface area contributed by atoms with Gasteiger partial charge in [-0.1, -0.05) is 19.3 Å². The van der Waals surface area contributed by atoms with E-state index in [-0.39, 0.29) is 6.29 Å². The smallest absolute Gasteiger partial charge is 0.158 e. The highest BCUT2D eigenvalue weighted by Gasteiger charge is 2.19. The van der Waals surface area contributed by atoms with Crippen molar-refractivity contribution in [3.63, 3.8) is 0 Å². The van der Waals surface area contributed by atoms with Gasteiger partial charge in [-0.15, -0.1) is 0 Å². The fraction of sp³-hybridized carbons (Fsp3) is 1.00. The molecule has 1 unspecified atom stereocenters. The minimum absolute atomic E-state index is 0.148. The molecular weight excluding hydrogens is 204 g/mol. The predicted octanol–water partition coefficient (Wildman–Crippen LogP) is 1.24. The second-order valence-corrected chi connectivity index (χ2v) is 4.57. The number of hydrogen-bond acceptors (Lipinski definition) is 4. The van der Waals surface area contributed by atoms with E-state index in [2.05, 4.69) is 5.32 Å². The largest absolute Gasteiger partial charge is 0.356 e. The Labute approximate surface area is 98.9 Å². The first-order chi connectivity index (χ1) is 7.80. The standard InChI is InChI=1S/C12H26N2O2/c1-15-12(16-2)8-11(9-13)14-10-6-4-3-5-7-10/h10-12,14H,3-9,13H2,1-2H3. The molecule has 0 bridgehead atoms. The number of hydrogen-bond donors (Lipinski definition) is 2. The third kappa shape index (κ3) is 4.78. The van der Waals surface area contributed by atoms with E-state index < -0.39 is 0 Å². The van der Waals surface area contributed by atoms with Gasteiger partial charge in [0.2, 0.25) is 0 Å². The number of ether oxygens (including phenoxy) is 2. The first-order valence-corrected chi connectivity index (χ1v) is 6.31. The van der Waals surface area contributed by atoms with Crippen molar-refractivity contribution in [3.05, 3.63) is 0 Å². The molecule has 4 nitrogen and oxygen atoms in total. The molecule has 16 heavy (non-hydrogen) atoms. The van der Waals surface area contributed by atoms with E-state index in [0.717, 1.165) is 6.42 Å². The van der Waals surface area contributed by atoms with Crippen LogP contribution in [0.4, 0.5) is 0 Å². The lowest BCUT2D eigenvalue weighted by Gasteiger charge is -2.29. The van der Waals surface area contributed by atoms with Crippen LogP contribution < -0.4 is 11.1 Å². The molecule has 3 N–H and O–H groups in total. The molecule has 96 valence electrons. The Bertz CT molecular complexity index is 168. The fourth-order valence-corrected chi connectivity index (χ4v) is 2.36. The molecule has 1 atom stereocenters. The van der Waals surface area contributed by atoms with Crippen LogP contribution in [0.15, 0.2) is 0 Å². The molecule has 0 spiro atoms. The second-order valence-electron chi connectivity index (χ2n) is 4.57. The highest BCUT2D eigenvalue weighted by Crippen LogP contribution is 2.18. The van der Waals surface area contributed by atoms with Gasteiger partial charge in [0.05, 0.1) is 0 Å². The SMILES string of the molecule is COC(CC(CN)NC1CCCCC1)OC. The van der Waals surface area contributed by atoms with Crippen LogP contribution in [-0.4, -0.2) is 39.1 Å². The lowest BCUT2D eigenvalue weighted by Crippen LogP contribution is -2.45. The minimum Gasteiger partial charge on any atom is -0.356 e. The molecule has 1 aliphatic carbocycles. The zero-order valence-electron chi connectivity index (χ0n) is 10.6. The summed E-state index contributed by atoms with van der Waals surface area (Å²) in [6, 6.07) is 0.935. The summed E-state index contributed by atoms with van der Waals surface area (Å²) in [4.78, 5) is 0. The van der Waals surface area contributed by atoms with E-state index in [1.165, 1.54) is 32.1 Å². The van der Waals surface area contributed by atoms with Gasteiger partial charge >= 0.3 is 0 Å². The Morgan fingerprint density at radius 2 is 1.81 bits per heavy atom. The lowest BCUT2D eigenvalue weighted by molar-refractivity contribution is -0.110. The number of nitrogens with one attached hydrogen (secondary N) is 1. The Kier molecular flexibility index (Phi) is 6.96. The summed E-state index contributed by atoms with van der Waals surface area (Å²) in [5.74, 6) is 0. The molecule has 1 fully saturated rings. The zero-order valence-corrected chi connectivity index (χ0v) is 10.6. The summed E-state index contributed by atoms with van der Waals surface area (Å²) in [7, 11) is 3.34. The van der Waals surface area contributed by atoms with Gasteiger partial charge in [0, 0.05) is 39.3 Å². The fourth-order valence-electron chi connectivity index (χ4n) is 2.36. The maximum atomic E-state index is 5.77. The number of nitrogens with two attached hydrogens (primary N) is 1. The third-order valence-electron chi connectivity index (χ3n) is 3.36. The van der Waals surface area contributed by atoms with E-state index in [9.17, 15) is 0 Å². The van der Waals surface area contributed by atoms with Crippen molar-refractivity contribution in [1.82, 2.24) is 5.32 Å². The van der Waals surface area contributed by atoms with Crippen LogP contribution in [-0.2, 0) is 9.47 Å². The molecule has 0 radical (unpaired) electrons. The monoisotopic (exact) mass is 230 g/mol. The summed E-state index contributed by atoms with van der Waals surface area (Å²) < 4.78 is 10.4. The molecule has 0 aromatic carbocycles. The summed E-state index contributed by atoms with van der Waals surface area (Å²) >= 11 is 0. The molecule has 4 heteroatoms. The van der Waals surface area contributed by atoms with Crippen molar-refractivity contribution in [2.45, 2.75) is 56.9 Å². The van der Waals surface area contributed by atoms with E-state index in [1.807, 2.05) is 0 Å². The van der Waals surface area contributed by atoms with Gasteiger partial charge in [-0.25, -0.2) is 0 Å². The van der Waals surface area contributed by atoms with Gasteiger partial charge in [-0.3, -0.25) is 0 Å². The molecule has 1 aliphatic rings. The van der Waals surface area contributed by atoms with Gasteiger partial charge < -0.3 is 20.5 Å².